The lowest BCUT2D eigenvalue weighted by atomic mass is 10.0. The Labute approximate surface area is 159 Å². The lowest BCUT2D eigenvalue weighted by molar-refractivity contribution is 0.0955. The minimum atomic E-state index is -0.886. The SMILES string of the molecule is NC(=NNC(=O)c1ccc(-c2ccc(N)cc2)cc1N)c1ccc(F)cc1F. The second-order valence-corrected chi connectivity index (χ2v) is 5.99. The number of nitrogens with two attached hydrogens (primary N) is 3. The number of hydrogen-bond donors (Lipinski definition) is 4. The van der Waals surface area contributed by atoms with Crippen LogP contribution in [0.3, 0.4) is 0 Å². The largest absolute Gasteiger partial charge is 0.399 e. The van der Waals surface area contributed by atoms with Crippen LogP contribution in [-0.2, 0) is 0 Å². The zero-order chi connectivity index (χ0) is 20.3. The van der Waals surface area contributed by atoms with Crippen LogP contribution in [0.5, 0.6) is 0 Å². The molecule has 3 rings (SSSR count). The number of amides is 1. The summed E-state index contributed by atoms with van der Waals surface area (Å²) in [4.78, 5) is 12.3. The summed E-state index contributed by atoms with van der Waals surface area (Å²) in [6.45, 7) is 0. The summed E-state index contributed by atoms with van der Waals surface area (Å²) in [7, 11) is 0. The molecular formula is C20H17F2N5O. The maximum absolute atomic E-state index is 13.7. The first kappa shape index (κ1) is 18.8. The van der Waals surface area contributed by atoms with Gasteiger partial charge in [0, 0.05) is 17.4 Å². The number of hydrazone groups is 1. The predicted octanol–water partition coefficient (Wildman–Crippen LogP) is 2.85. The monoisotopic (exact) mass is 381 g/mol. The number of nitrogens with zero attached hydrogens (tertiary/aromatic N) is 1. The standard InChI is InChI=1S/C20H17F2N5O/c21-13-4-8-15(17(22)10-13)19(25)26-27-20(28)16-7-3-12(9-18(16)24)11-1-5-14(23)6-2-11/h1-10H,23-24H2,(H2,25,26)(H,27,28). The van der Waals surface area contributed by atoms with Gasteiger partial charge in [0.1, 0.15) is 11.6 Å². The number of amidine groups is 1. The molecule has 0 aliphatic carbocycles. The van der Waals surface area contributed by atoms with Gasteiger partial charge in [-0.05, 0) is 47.5 Å². The quantitative estimate of drug-likeness (QED) is 0.240. The lowest BCUT2D eigenvalue weighted by Crippen LogP contribution is -2.25. The van der Waals surface area contributed by atoms with E-state index in [1.807, 2.05) is 12.1 Å². The maximum atomic E-state index is 13.7. The Bertz CT molecular complexity index is 1060. The van der Waals surface area contributed by atoms with Crippen molar-refractivity contribution in [2.24, 2.45) is 10.8 Å². The van der Waals surface area contributed by atoms with Gasteiger partial charge in [0.25, 0.3) is 5.91 Å². The molecule has 0 heterocycles. The van der Waals surface area contributed by atoms with Gasteiger partial charge in [-0.25, -0.2) is 14.2 Å². The van der Waals surface area contributed by atoms with Gasteiger partial charge in [0.15, 0.2) is 5.84 Å². The molecule has 3 aromatic carbocycles. The Balaban J connectivity index is 1.78. The highest BCUT2D eigenvalue weighted by Crippen LogP contribution is 2.25. The molecule has 0 saturated carbocycles. The fourth-order valence-corrected chi connectivity index (χ4v) is 2.55. The number of hydrogen-bond acceptors (Lipinski definition) is 4. The number of rotatable bonds is 4. The van der Waals surface area contributed by atoms with Crippen LogP contribution in [0, 0.1) is 11.6 Å². The number of anilines is 2. The molecule has 0 bridgehead atoms. The van der Waals surface area contributed by atoms with E-state index in [2.05, 4.69) is 10.5 Å². The minimum Gasteiger partial charge on any atom is -0.399 e. The number of halogens is 2. The van der Waals surface area contributed by atoms with E-state index in [0.717, 1.165) is 23.3 Å². The van der Waals surface area contributed by atoms with Crippen molar-refractivity contribution in [3.8, 4) is 11.1 Å². The van der Waals surface area contributed by atoms with E-state index >= 15 is 0 Å². The van der Waals surface area contributed by atoms with Crippen molar-refractivity contribution in [1.82, 2.24) is 5.43 Å². The average molecular weight is 381 g/mol. The van der Waals surface area contributed by atoms with Gasteiger partial charge in [-0.3, -0.25) is 4.79 Å². The molecule has 0 spiro atoms. The van der Waals surface area contributed by atoms with Crippen LogP contribution in [0.25, 0.3) is 11.1 Å². The number of carbonyl (C=O) groups is 1. The fourth-order valence-electron chi connectivity index (χ4n) is 2.55. The zero-order valence-electron chi connectivity index (χ0n) is 14.6. The highest BCUT2D eigenvalue weighted by molar-refractivity contribution is 6.02. The summed E-state index contributed by atoms with van der Waals surface area (Å²) in [6.07, 6.45) is 0. The molecule has 0 fully saturated rings. The van der Waals surface area contributed by atoms with Crippen LogP contribution >= 0.6 is 0 Å². The summed E-state index contributed by atoms with van der Waals surface area (Å²) in [6, 6.07) is 15.0. The Morgan fingerprint density at radius 3 is 2.14 bits per heavy atom. The summed E-state index contributed by atoms with van der Waals surface area (Å²) >= 11 is 0. The highest BCUT2D eigenvalue weighted by atomic mass is 19.1. The molecule has 1 amide bonds. The molecule has 142 valence electrons. The Kier molecular flexibility index (Phi) is 5.21. The van der Waals surface area contributed by atoms with Crippen LogP contribution < -0.4 is 22.6 Å². The van der Waals surface area contributed by atoms with Gasteiger partial charge in [0.05, 0.1) is 11.1 Å². The molecule has 8 heteroatoms. The molecule has 0 radical (unpaired) electrons. The van der Waals surface area contributed by atoms with E-state index in [1.54, 1.807) is 30.3 Å². The Morgan fingerprint density at radius 2 is 1.50 bits per heavy atom. The van der Waals surface area contributed by atoms with Gasteiger partial charge in [-0.1, -0.05) is 18.2 Å². The van der Waals surface area contributed by atoms with Gasteiger partial charge in [0.2, 0.25) is 0 Å². The van der Waals surface area contributed by atoms with Gasteiger partial charge in [-0.2, -0.15) is 5.10 Å². The zero-order valence-corrected chi connectivity index (χ0v) is 14.6. The van der Waals surface area contributed by atoms with Crippen molar-refractivity contribution in [3.05, 3.63) is 83.4 Å². The molecule has 0 unspecified atom stereocenters. The van der Waals surface area contributed by atoms with Crippen molar-refractivity contribution in [2.75, 3.05) is 11.5 Å². The first-order chi connectivity index (χ1) is 13.3. The molecule has 3 aromatic rings. The first-order valence-electron chi connectivity index (χ1n) is 8.19. The molecular weight excluding hydrogens is 364 g/mol. The van der Waals surface area contributed by atoms with E-state index in [4.69, 9.17) is 17.2 Å². The number of benzene rings is 3. The van der Waals surface area contributed by atoms with E-state index in [-0.39, 0.29) is 22.6 Å². The molecule has 0 atom stereocenters. The van der Waals surface area contributed by atoms with Crippen LogP contribution in [0.1, 0.15) is 15.9 Å². The van der Waals surface area contributed by atoms with Crippen molar-refractivity contribution >= 4 is 23.1 Å². The third-order valence-corrected chi connectivity index (χ3v) is 4.03. The predicted molar refractivity (Wildman–Crippen MR) is 105 cm³/mol. The normalized spacial score (nSPS) is 11.3. The maximum Gasteiger partial charge on any atom is 0.273 e. The van der Waals surface area contributed by atoms with Crippen LogP contribution in [0.4, 0.5) is 20.2 Å². The Morgan fingerprint density at radius 1 is 0.857 bits per heavy atom. The smallest absolute Gasteiger partial charge is 0.273 e. The van der Waals surface area contributed by atoms with E-state index < -0.39 is 17.5 Å². The van der Waals surface area contributed by atoms with Crippen LogP contribution in [-0.4, -0.2) is 11.7 Å². The van der Waals surface area contributed by atoms with Crippen molar-refractivity contribution in [3.63, 3.8) is 0 Å². The molecule has 0 aromatic heterocycles. The van der Waals surface area contributed by atoms with Gasteiger partial charge in [-0.15, -0.1) is 0 Å². The topological polar surface area (TPSA) is 120 Å². The van der Waals surface area contributed by atoms with Crippen molar-refractivity contribution < 1.29 is 13.6 Å². The number of carbonyl (C=O) groups excluding carboxylic acids is 1. The molecule has 0 aliphatic rings. The highest BCUT2D eigenvalue weighted by Gasteiger charge is 2.12. The third-order valence-electron chi connectivity index (χ3n) is 4.03. The molecule has 6 nitrogen and oxygen atoms in total. The Hall–Kier alpha value is -3.94. The second-order valence-electron chi connectivity index (χ2n) is 5.99. The summed E-state index contributed by atoms with van der Waals surface area (Å²) in [5.41, 5.74) is 22.1. The first-order valence-corrected chi connectivity index (χ1v) is 8.19. The van der Waals surface area contributed by atoms with Gasteiger partial charge >= 0.3 is 0 Å². The fraction of sp³-hybridized carbons (Fsp3) is 0. The van der Waals surface area contributed by atoms with E-state index in [9.17, 15) is 13.6 Å². The number of nitrogen functional groups attached to an aromatic ring is 2. The van der Waals surface area contributed by atoms with Crippen LogP contribution in [0.15, 0.2) is 65.8 Å². The third kappa shape index (κ3) is 4.07. The molecule has 28 heavy (non-hydrogen) atoms. The van der Waals surface area contributed by atoms with E-state index in [1.165, 1.54) is 0 Å². The summed E-state index contributed by atoms with van der Waals surface area (Å²) in [5.74, 6) is -2.55. The van der Waals surface area contributed by atoms with Crippen LogP contribution in [0.2, 0.25) is 0 Å². The average Bonchev–Trinajstić information content (AvgIpc) is 2.66. The minimum absolute atomic E-state index is 0.131. The molecule has 0 saturated heterocycles. The van der Waals surface area contributed by atoms with Gasteiger partial charge < -0.3 is 17.2 Å². The summed E-state index contributed by atoms with van der Waals surface area (Å²) < 4.78 is 26.7. The second kappa shape index (κ2) is 7.75. The van der Waals surface area contributed by atoms with Crippen molar-refractivity contribution in [2.45, 2.75) is 0 Å². The lowest BCUT2D eigenvalue weighted by Gasteiger charge is -2.09. The van der Waals surface area contributed by atoms with E-state index in [0.29, 0.717) is 11.8 Å². The number of nitrogens with one attached hydrogen (secondary N) is 1. The molecule has 0 aliphatic heterocycles. The summed E-state index contributed by atoms with van der Waals surface area (Å²) in [5, 5.41) is 3.66. The van der Waals surface area contributed by atoms with Crippen molar-refractivity contribution in [1.29, 1.82) is 0 Å². The molecule has 7 N–H and O–H groups in total.